The number of nitrogens with zero attached hydrogens (tertiary/aromatic N) is 1. The molecule has 1 rings (SSSR count). The Bertz CT molecular complexity index is 370. The number of halogens is 1. The van der Waals surface area contributed by atoms with Gasteiger partial charge in [0.15, 0.2) is 0 Å². The molecule has 22 heavy (non-hydrogen) atoms. The van der Waals surface area contributed by atoms with E-state index in [2.05, 4.69) is 37.7 Å². The van der Waals surface area contributed by atoms with Crippen LogP contribution in [0.4, 0.5) is 0 Å². The molecule has 0 amide bonds. The zero-order valence-electron chi connectivity index (χ0n) is 14.5. The highest BCUT2D eigenvalue weighted by Gasteiger charge is 2.24. The summed E-state index contributed by atoms with van der Waals surface area (Å²) in [5, 5.41) is 3.32. The first-order valence-electron chi connectivity index (χ1n) is 8.29. The minimum atomic E-state index is -3.36. The molecule has 134 valence electrons. The van der Waals surface area contributed by atoms with Crippen LogP contribution in [-0.2, 0) is 10.2 Å². The van der Waals surface area contributed by atoms with Crippen molar-refractivity contribution in [3.05, 3.63) is 0 Å². The molecule has 0 aliphatic carbocycles. The predicted molar refractivity (Wildman–Crippen MR) is 95.7 cm³/mol. The first kappa shape index (κ1) is 22.1. The number of hydrogen-bond donors (Lipinski definition) is 2. The third-order valence-electron chi connectivity index (χ3n) is 3.93. The van der Waals surface area contributed by atoms with Crippen molar-refractivity contribution in [1.82, 2.24) is 14.3 Å². The van der Waals surface area contributed by atoms with Crippen LogP contribution in [0, 0.1) is 11.8 Å². The maximum absolute atomic E-state index is 12.5. The van der Waals surface area contributed by atoms with Gasteiger partial charge in [-0.2, -0.15) is 12.7 Å². The van der Waals surface area contributed by atoms with Gasteiger partial charge < -0.3 is 5.32 Å². The Labute approximate surface area is 143 Å². The summed E-state index contributed by atoms with van der Waals surface area (Å²) in [6.07, 6.45) is 4.00. The van der Waals surface area contributed by atoms with Gasteiger partial charge in [0.05, 0.1) is 0 Å². The SMILES string of the molecule is CC(C)CCN(CCC(C)C)S(=O)(=O)NCC1CCCN1.Cl. The zero-order valence-corrected chi connectivity index (χ0v) is 16.1. The van der Waals surface area contributed by atoms with Gasteiger partial charge in [0.25, 0.3) is 10.2 Å². The molecule has 0 radical (unpaired) electrons. The van der Waals surface area contributed by atoms with Crippen LogP contribution in [0.1, 0.15) is 53.4 Å². The largest absolute Gasteiger partial charge is 0.313 e. The van der Waals surface area contributed by atoms with E-state index >= 15 is 0 Å². The van der Waals surface area contributed by atoms with E-state index in [-0.39, 0.29) is 18.4 Å². The quantitative estimate of drug-likeness (QED) is 0.632. The van der Waals surface area contributed by atoms with Gasteiger partial charge in [-0.15, -0.1) is 12.4 Å². The van der Waals surface area contributed by atoms with Crippen LogP contribution in [-0.4, -0.2) is 44.9 Å². The maximum atomic E-state index is 12.5. The van der Waals surface area contributed by atoms with Gasteiger partial charge in [0, 0.05) is 25.7 Å². The minimum Gasteiger partial charge on any atom is -0.313 e. The van der Waals surface area contributed by atoms with Gasteiger partial charge in [0.1, 0.15) is 0 Å². The number of rotatable bonds is 10. The van der Waals surface area contributed by atoms with Gasteiger partial charge in [-0.05, 0) is 44.1 Å². The molecule has 1 saturated heterocycles. The van der Waals surface area contributed by atoms with E-state index in [1.165, 1.54) is 0 Å². The summed E-state index contributed by atoms with van der Waals surface area (Å²) in [6.45, 7) is 11.2. The maximum Gasteiger partial charge on any atom is 0.279 e. The summed E-state index contributed by atoms with van der Waals surface area (Å²) in [7, 11) is -3.36. The fraction of sp³-hybridized carbons (Fsp3) is 1.00. The topological polar surface area (TPSA) is 61.4 Å². The molecule has 0 bridgehead atoms. The van der Waals surface area contributed by atoms with Crippen LogP contribution in [0.25, 0.3) is 0 Å². The Morgan fingerprint density at radius 2 is 1.68 bits per heavy atom. The summed E-state index contributed by atoms with van der Waals surface area (Å²) in [5.41, 5.74) is 0. The van der Waals surface area contributed by atoms with Crippen molar-refractivity contribution in [2.75, 3.05) is 26.2 Å². The van der Waals surface area contributed by atoms with Crippen LogP contribution >= 0.6 is 12.4 Å². The van der Waals surface area contributed by atoms with Gasteiger partial charge in [-0.3, -0.25) is 0 Å². The molecule has 1 fully saturated rings. The molecule has 1 unspecified atom stereocenters. The van der Waals surface area contributed by atoms with Crippen LogP contribution in [0.5, 0.6) is 0 Å². The molecular weight excluding hydrogens is 322 g/mol. The standard InChI is InChI=1S/C15H33N3O2S.ClH/c1-13(2)7-10-18(11-8-14(3)4)21(19,20)17-12-15-6-5-9-16-15;/h13-17H,5-12H2,1-4H3;1H. The first-order valence-corrected chi connectivity index (χ1v) is 9.73. The van der Waals surface area contributed by atoms with E-state index in [0.29, 0.717) is 31.5 Å². The van der Waals surface area contributed by atoms with E-state index < -0.39 is 10.2 Å². The summed E-state index contributed by atoms with van der Waals surface area (Å²) >= 11 is 0. The fourth-order valence-corrected chi connectivity index (χ4v) is 3.67. The number of hydrogen-bond acceptors (Lipinski definition) is 3. The Morgan fingerprint density at radius 1 is 1.14 bits per heavy atom. The van der Waals surface area contributed by atoms with Gasteiger partial charge in [-0.25, -0.2) is 4.72 Å². The molecule has 1 heterocycles. The molecule has 7 heteroatoms. The monoisotopic (exact) mass is 355 g/mol. The molecule has 2 N–H and O–H groups in total. The molecule has 0 aromatic heterocycles. The highest BCUT2D eigenvalue weighted by Crippen LogP contribution is 2.11. The Morgan fingerprint density at radius 3 is 2.09 bits per heavy atom. The highest BCUT2D eigenvalue weighted by atomic mass is 35.5. The van der Waals surface area contributed by atoms with Crippen molar-refractivity contribution in [2.24, 2.45) is 11.8 Å². The van der Waals surface area contributed by atoms with Crippen molar-refractivity contribution in [3.63, 3.8) is 0 Å². The van der Waals surface area contributed by atoms with Gasteiger partial charge in [0.2, 0.25) is 0 Å². The smallest absolute Gasteiger partial charge is 0.279 e. The van der Waals surface area contributed by atoms with E-state index in [1.54, 1.807) is 4.31 Å². The summed E-state index contributed by atoms with van der Waals surface area (Å²) < 4.78 is 29.4. The second kappa shape index (κ2) is 10.8. The lowest BCUT2D eigenvalue weighted by Gasteiger charge is -2.25. The zero-order chi connectivity index (χ0) is 15.9. The van der Waals surface area contributed by atoms with Crippen LogP contribution in [0.3, 0.4) is 0 Å². The Hall–Kier alpha value is 0.120. The molecule has 1 aliphatic rings. The van der Waals surface area contributed by atoms with E-state index in [9.17, 15) is 8.42 Å². The highest BCUT2D eigenvalue weighted by molar-refractivity contribution is 7.87. The lowest BCUT2D eigenvalue weighted by atomic mass is 10.1. The molecule has 0 saturated carbocycles. The minimum absolute atomic E-state index is 0. The lowest BCUT2D eigenvalue weighted by molar-refractivity contribution is 0.351. The Kier molecular flexibility index (Phi) is 10.9. The summed E-state index contributed by atoms with van der Waals surface area (Å²) in [4.78, 5) is 0. The summed E-state index contributed by atoms with van der Waals surface area (Å²) in [5.74, 6) is 1.02. The van der Waals surface area contributed by atoms with Crippen LogP contribution in [0.15, 0.2) is 0 Å². The second-order valence-corrected chi connectivity index (χ2v) is 8.67. The fourth-order valence-electron chi connectivity index (χ4n) is 2.38. The molecule has 0 aromatic rings. The first-order chi connectivity index (χ1) is 9.81. The van der Waals surface area contributed by atoms with Gasteiger partial charge in [-0.1, -0.05) is 27.7 Å². The van der Waals surface area contributed by atoms with Crippen molar-refractivity contribution in [3.8, 4) is 0 Å². The van der Waals surface area contributed by atoms with Crippen molar-refractivity contribution in [1.29, 1.82) is 0 Å². The van der Waals surface area contributed by atoms with Crippen molar-refractivity contribution >= 4 is 22.6 Å². The van der Waals surface area contributed by atoms with E-state index in [0.717, 1.165) is 32.2 Å². The molecule has 1 aliphatic heterocycles. The normalized spacial score (nSPS) is 19.1. The van der Waals surface area contributed by atoms with Crippen molar-refractivity contribution in [2.45, 2.75) is 59.4 Å². The van der Waals surface area contributed by atoms with Crippen LogP contribution < -0.4 is 10.0 Å². The summed E-state index contributed by atoms with van der Waals surface area (Å²) in [6, 6.07) is 0.289. The van der Waals surface area contributed by atoms with Crippen LogP contribution in [0.2, 0.25) is 0 Å². The molecule has 1 atom stereocenters. The molecular formula is C15H34ClN3O2S. The molecule has 5 nitrogen and oxygen atoms in total. The van der Waals surface area contributed by atoms with Gasteiger partial charge >= 0.3 is 0 Å². The average molecular weight is 356 g/mol. The predicted octanol–water partition coefficient (Wildman–Crippen LogP) is 2.39. The molecule has 0 aromatic carbocycles. The van der Waals surface area contributed by atoms with Crippen molar-refractivity contribution < 1.29 is 8.42 Å². The third-order valence-corrected chi connectivity index (χ3v) is 5.50. The van der Waals surface area contributed by atoms with E-state index in [1.807, 2.05) is 0 Å². The Balaban J connectivity index is 0.00000441. The average Bonchev–Trinajstić information content (AvgIpc) is 2.88. The second-order valence-electron chi connectivity index (χ2n) is 6.91. The van der Waals surface area contributed by atoms with E-state index in [4.69, 9.17) is 0 Å². The number of nitrogens with one attached hydrogen (secondary N) is 2. The molecule has 0 spiro atoms. The lowest BCUT2D eigenvalue weighted by Crippen LogP contribution is -2.46. The third kappa shape index (κ3) is 8.67.